The standard InChI is InChI=1S/3C10H11F7O2.Eu/c3*1-7(2,3)5(18)4-6(19)8(11,12)9(13,14)10(15,16)17;/h3*4,18H,1-3H3;/b3*5-4-;. The first-order chi connectivity index (χ1) is 24.1. The van der Waals surface area contributed by atoms with Crippen LogP contribution in [-0.4, -0.2) is 86.7 Å². The number of alkyl halides is 21. The summed E-state index contributed by atoms with van der Waals surface area (Å²) in [6.07, 6.45) is -20.7. The summed E-state index contributed by atoms with van der Waals surface area (Å²) in [5.41, 5.74) is -3.75. The van der Waals surface area contributed by atoms with Crippen LogP contribution in [0, 0.1) is 65.6 Å². The molecule has 28 heteroatoms. The molecule has 0 amide bonds. The summed E-state index contributed by atoms with van der Waals surface area (Å²) in [6.45, 7) is 11.2. The van der Waals surface area contributed by atoms with Crippen molar-refractivity contribution in [3.05, 3.63) is 35.5 Å². The zero-order valence-electron chi connectivity index (χ0n) is 30.6. The van der Waals surface area contributed by atoms with Crippen LogP contribution in [0.25, 0.3) is 0 Å². The van der Waals surface area contributed by atoms with E-state index in [1.807, 2.05) is 0 Å². The first-order valence-electron chi connectivity index (χ1n) is 14.5. The molecule has 0 atom stereocenters. The average Bonchev–Trinajstić information content (AvgIpc) is 2.93. The smallest absolute Gasteiger partial charge is 0.460 e. The Labute approximate surface area is 355 Å². The van der Waals surface area contributed by atoms with Gasteiger partial charge in [0.05, 0.1) is 0 Å². The van der Waals surface area contributed by atoms with Crippen LogP contribution in [0.4, 0.5) is 92.2 Å². The summed E-state index contributed by atoms with van der Waals surface area (Å²) in [5.74, 6) is -49.1. The summed E-state index contributed by atoms with van der Waals surface area (Å²) < 4.78 is 258. The van der Waals surface area contributed by atoms with Gasteiger partial charge in [-0.05, 0) is 0 Å². The first-order valence-corrected chi connectivity index (χ1v) is 14.5. The van der Waals surface area contributed by atoms with Gasteiger partial charge in [-0.15, -0.1) is 0 Å². The number of carbonyl (C=O) groups excluding carboxylic acids is 3. The molecule has 0 saturated carbocycles. The van der Waals surface area contributed by atoms with Crippen molar-refractivity contribution < 1.29 is 171 Å². The topological polar surface area (TPSA) is 112 Å². The van der Waals surface area contributed by atoms with Crippen LogP contribution in [0.15, 0.2) is 35.5 Å². The minimum atomic E-state index is -6.59. The average molecular weight is 1040 g/mol. The monoisotopic (exact) mass is 1040 g/mol. The molecule has 0 rings (SSSR count). The first kappa shape index (κ1) is 62.4. The fourth-order valence-electron chi connectivity index (χ4n) is 2.29. The molecule has 0 aromatic rings. The van der Waals surface area contributed by atoms with Gasteiger partial charge in [0.25, 0.3) is 0 Å². The number of hydrogen-bond acceptors (Lipinski definition) is 6. The van der Waals surface area contributed by atoms with Gasteiger partial charge in [-0.1, -0.05) is 62.3 Å². The van der Waals surface area contributed by atoms with Gasteiger partial charge in [0.1, 0.15) is 17.3 Å². The second kappa shape index (κ2) is 19.2. The number of carbonyl (C=O) groups is 3. The second-order valence-corrected chi connectivity index (χ2v) is 14.4. The zero-order chi connectivity index (χ0) is 47.6. The third kappa shape index (κ3) is 15.0. The van der Waals surface area contributed by atoms with Crippen LogP contribution < -0.4 is 0 Å². The summed E-state index contributed by atoms with van der Waals surface area (Å²) in [5, 5.41) is 27.5. The quantitative estimate of drug-likeness (QED) is 0.120. The van der Waals surface area contributed by atoms with Gasteiger partial charge in [-0.25, -0.2) is 0 Å². The molecule has 0 saturated heterocycles. The SMILES string of the molecule is CC(C)(C)/C(O)=C/C(=O)C(F)(F)C(F)(F)C(F)(F)F.CC(C)(C)/C(O)=C/C(=O)C(F)(F)C(F)(F)C(F)(F)F.CC(C)(C)/C(O)=C/C(=O)C(F)(F)C(F)(F)C(F)(F)F.[Eu]. The van der Waals surface area contributed by atoms with E-state index in [-0.39, 0.29) is 67.6 Å². The van der Waals surface area contributed by atoms with Crippen LogP contribution in [0.2, 0.25) is 0 Å². The summed E-state index contributed by atoms with van der Waals surface area (Å²) in [4.78, 5) is 32.5. The van der Waals surface area contributed by atoms with E-state index in [1.54, 1.807) is 0 Å². The van der Waals surface area contributed by atoms with E-state index in [0.29, 0.717) is 0 Å². The van der Waals surface area contributed by atoms with Gasteiger partial charge in [0.15, 0.2) is 0 Å². The van der Waals surface area contributed by atoms with Crippen molar-refractivity contribution in [1.82, 2.24) is 0 Å². The Morgan fingerprint density at radius 1 is 0.328 bits per heavy atom. The van der Waals surface area contributed by atoms with Gasteiger partial charge in [-0.3, -0.25) is 14.4 Å². The summed E-state index contributed by atoms with van der Waals surface area (Å²) >= 11 is 0. The summed E-state index contributed by atoms with van der Waals surface area (Å²) in [7, 11) is 0. The van der Waals surface area contributed by atoms with Crippen LogP contribution >= 0.6 is 0 Å². The Bertz CT molecular complexity index is 1350. The van der Waals surface area contributed by atoms with Gasteiger partial charge >= 0.3 is 54.1 Å². The van der Waals surface area contributed by atoms with Crippen molar-refractivity contribution >= 4 is 17.3 Å². The zero-order valence-corrected chi connectivity index (χ0v) is 33.0. The normalized spacial score (nSPS) is 15.3. The molecule has 0 heterocycles. The Hall–Kier alpha value is -2.26. The molecule has 343 valence electrons. The van der Waals surface area contributed by atoms with E-state index in [4.69, 9.17) is 15.3 Å². The van der Waals surface area contributed by atoms with Crippen molar-refractivity contribution in [2.45, 2.75) is 116 Å². The van der Waals surface area contributed by atoms with E-state index in [1.165, 1.54) is 62.3 Å². The molecule has 0 bridgehead atoms. The van der Waals surface area contributed by atoms with E-state index in [0.717, 1.165) is 0 Å². The Kier molecular flexibility index (Phi) is 20.7. The van der Waals surface area contributed by atoms with Crippen molar-refractivity contribution in [3.63, 3.8) is 0 Å². The van der Waals surface area contributed by atoms with Gasteiger partial charge < -0.3 is 15.3 Å². The van der Waals surface area contributed by atoms with E-state index >= 15 is 0 Å². The predicted molar refractivity (Wildman–Crippen MR) is 153 cm³/mol. The largest absolute Gasteiger partial charge is 0.512 e. The minimum Gasteiger partial charge on any atom is -0.512 e. The number of halogens is 21. The maximum atomic E-state index is 12.9. The number of rotatable bonds is 9. The van der Waals surface area contributed by atoms with E-state index in [9.17, 15) is 107 Å². The number of aliphatic hydroxyl groups excluding tert-OH is 3. The van der Waals surface area contributed by atoms with Crippen LogP contribution in [0.5, 0.6) is 0 Å². The third-order valence-corrected chi connectivity index (χ3v) is 6.29. The molecular weight excluding hydrogens is 1010 g/mol. The van der Waals surface area contributed by atoms with Crippen LogP contribution in [0.3, 0.4) is 0 Å². The van der Waals surface area contributed by atoms with Crippen molar-refractivity contribution in [2.75, 3.05) is 0 Å². The fourth-order valence-corrected chi connectivity index (χ4v) is 2.29. The molecule has 0 unspecified atom stereocenters. The Morgan fingerprint density at radius 2 is 0.448 bits per heavy atom. The van der Waals surface area contributed by atoms with Crippen LogP contribution in [-0.2, 0) is 14.4 Å². The van der Waals surface area contributed by atoms with Crippen molar-refractivity contribution in [3.8, 4) is 0 Å². The molecule has 0 spiro atoms. The molecule has 0 aliphatic heterocycles. The third-order valence-electron chi connectivity index (χ3n) is 6.29. The number of allylic oxidation sites excluding steroid dienone is 6. The molecule has 58 heavy (non-hydrogen) atoms. The molecule has 3 N–H and O–H groups in total. The summed E-state index contributed by atoms with van der Waals surface area (Å²) in [6, 6.07) is 0. The van der Waals surface area contributed by atoms with Crippen LogP contribution in [0.1, 0.15) is 62.3 Å². The number of aliphatic hydroxyl groups is 3. The molecule has 0 aliphatic carbocycles. The molecule has 0 aromatic carbocycles. The van der Waals surface area contributed by atoms with E-state index in [2.05, 4.69) is 0 Å². The van der Waals surface area contributed by atoms with Gasteiger partial charge in [-0.2, -0.15) is 92.2 Å². The number of ketones is 3. The molecule has 0 aromatic heterocycles. The second-order valence-electron chi connectivity index (χ2n) is 14.4. The molecule has 6 nitrogen and oxygen atoms in total. The van der Waals surface area contributed by atoms with Crippen molar-refractivity contribution in [1.29, 1.82) is 0 Å². The maximum Gasteiger partial charge on any atom is 0.460 e. The predicted octanol–water partition coefficient (Wildman–Crippen LogP) is 11.6. The molecule has 1 radical (unpaired) electrons. The number of hydrogen-bond donors (Lipinski definition) is 3. The Balaban J connectivity index is -0.000000374. The van der Waals surface area contributed by atoms with E-state index < -0.39 is 105 Å². The van der Waals surface area contributed by atoms with Gasteiger partial charge in [0.2, 0.25) is 17.3 Å². The fraction of sp³-hybridized carbons (Fsp3) is 0.700. The maximum absolute atomic E-state index is 12.9. The Morgan fingerprint density at radius 3 is 0.534 bits per heavy atom. The van der Waals surface area contributed by atoms with Gasteiger partial charge in [0, 0.05) is 83.8 Å². The minimum absolute atomic E-state index is 0. The molecule has 0 aliphatic rings. The molecule has 0 fully saturated rings. The van der Waals surface area contributed by atoms with Crippen molar-refractivity contribution in [2.24, 2.45) is 16.2 Å². The molecular formula is C30H33EuF21O6.